The number of nitrogens with one attached hydrogen (secondary N) is 2. The molecule has 0 fully saturated rings. The van der Waals surface area contributed by atoms with Crippen molar-refractivity contribution in [1.82, 2.24) is 9.97 Å². The molecule has 21 heavy (non-hydrogen) atoms. The summed E-state index contributed by atoms with van der Waals surface area (Å²) in [6.07, 6.45) is 0.499. The van der Waals surface area contributed by atoms with Gasteiger partial charge >= 0.3 is 0 Å². The number of hydrogen-bond acceptors (Lipinski definition) is 4. The molecule has 8 heteroatoms. The number of benzene rings is 1. The van der Waals surface area contributed by atoms with Crippen LogP contribution >= 0.6 is 0 Å². The minimum atomic E-state index is -3.93. The number of rotatable bonds is 4. The molecule has 0 atom stereocenters. The van der Waals surface area contributed by atoms with E-state index < -0.39 is 15.8 Å². The van der Waals surface area contributed by atoms with Gasteiger partial charge in [0.2, 0.25) is 5.95 Å². The van der Waals surface area contributed by atoms with Crippen LogP contribution in [0.2, 0.25) is 0 Å². The summed E-state index contributed by atoms with van der Waals surface area (Å²) in [6.45, 7) is 3.44. The molecule has 1 heterocycles. The number of aromatic nitrogens is 2. The largest absolute Gasteiger partial charge is 0.292 e. The van der Waals surface area contributed by atoms with Crippen LogP contribution in [0.4, 0.5) is 10.3 Å². The molecule has 0 saturated carbocycles. The van der Waals surface area contributed by atoms with Gasteiger partial charge in [0, 0.05) is 11.3 Å². The zero-order chi connectivity index (χ0) is 15.6. The Hall–Kier alpha value is -2.22. The molecular weight excluding hydrogens is 297 g/mol. The van der Waals surface area contributed by atoms with Gasteiger partial charge in [-0.2, -0.15) is 0 Å². The molecule has 112 valence electrons. The van der Waals surface area contributed by atoms with E-state index >= 15 is 0 Å². The minimum absolute atomic E-state index is 0.122. The first-order chi connectivity index (χ1) is 9.83. The van der Waals surface area contributed by atoms with E-state index in [1.807, 2.05) is 6.92 Å². The molecule has 0 spiro atoms. The Bertz CT molecular complexity index is 814. The minimum Gasteiger partial charge on any atom is -0.292 e. The van der Waals surface area contributed by atoms with E-state index in [1.165, 1.54) is 0 Å². The van der Waals surface area contributed by atoms with Crippen LogP contribution in [0.25, 0.3) is 0 Å². The van der Waals surface area contributed by atoms with Gasteiger partial charge in [0.1, 0.15) is 5.82 Å². The maximum absolute atomic E-state index is 12.8. The summed E-state index contributed by atoms with van der Waals surface area (Å²) in [4.78, 5) is 18.0. The molecule has 0 amide bonds. The molecule has 0 bridgehead atoms. The van der Waals surface area contributed by atoms with Crippen molar-refractivity contribution in [1.29, 1.82) is 0 Å². The molecule has 0 radical (unpaired) electrons. The van der Waals surface area contributed by atoms with Gasteiger partial charge < -0.3 is 0 Å². The summed E-state index contributed by atoms with van der Waals surface area (Å²) in [5.41, 5.74) is 0.569. The number of halogens is 1. The number of anilines is 1. The molecule has 2 aromatic rings. The number of sulfonamides is 1. The van der Waals surface area contributed by atoms with Gasteiger partial charge in [-0.1, -0.05) is 6.92 Å². The molecule has 2 rings (SSSR count). The van der Waals surface area contributed by atoms with Gasteiger partial charge in [0.15, 0.2) is 0 Å². The zero-order valence-electron chi connectivity index (χ0n) is 11.5. The lowest BCUT2D eigenvalue weighted by atomic mass is 10.2. The average molecular weight is 311 g/mol. The molecule has 0 aliphatic heterocycles. The van der Waals surface area contributed by atoms with Crippen molar-refractivity contribution in [2.45, 2.75) is 25.2 Å². The smallest absolute Gasteiger partial charge is 0.264 e. The maximum Gasteiger partial charge on any atom is 0.264 e. The number of nitrogens with zero attached hydrogens (tertiary/aromatic N) is 1. The Kier molecular flexibility index (Phi) is 4.08. The molecule has 0 saturated heterocycles. The first-order valence-corrected chi connectivity index (χ1v) is 7.70. The number of hydrogen-bond donors (Lipinski definition) is 2. The second-order valence-corrected chi connectivity index (χ2v) is 6.07. The van der Waals surface area contributed by atoms with E-state index in [1.54, 1.807) is 6.92 Å². The zero-order valence-corrected chi connectivity index (χ0v) is 12.3. The lowest BCUT2D eigenvalue weighted by Crippen LogP contribution is -2.22. The van der Waals surface area contributed by atoms with Crippen LogP contribution in [0.1, 0.15) is 18.2 Å². The highest BCUT2D eigenvalue weighted by Gasteiger charge is 2.16. The highest BCUT2D eigenvalue weighted by molar-refractivity contribution is 7.92. The third-order valence-electron chi connectivity index (χ3n) is 2.93. The number of H-pyrrole nitrogens is 1. The monoisotopic (exact) mass is 311 g/mol. The van der Waals surface area contributed by atoms with E-state index in [4.69, 9.17) is 0 Å². The van der Waals surface area contributed by atoms with Crippen molar-refractivity contribution in [3.63, 3.8) is 0 Å². The van der Waals surface area contributed by atoms with Crippen LogP contribution in [0, 0.1) is 12.7 Å². The van der Waals surface area contributed by atoms with Gasteiger partial charge in [0.25, 0.3) is 15.6 Å². The van der Waals surface area contributed by atoms with E-state index in [0.717, 1.165) is 24.3 Å². The SMILES string of the molecule is CCc1c(C)nc(NS(=O)(=O)c2ccc(F)cc2)[nH]c1=O. The van der Waals surface area contributed by atoms with Crippen molar-refractivity contribution in [3.8, 4) is 0 Å². The van der Waals surface area contributed by atoms with Crippen LogP contribution in [0.5, 0.6) is 0 Å². The molecule has 0 aliphatic rings. The van der Waals surface area contributed by atoms with E-state index in [2.05, 4.69) is 14.7 Å². The fraction of sp³-hybridized carbons (Fsp3) is 0.231. The van der Waals surface area contributed by atoms with Crippen molar-refractivity contribution in [3.05, 3.63) is 51.7 Å². The Labute approximate surface area is 121 Å². The molecule has 6 nitrogen and oxygen atoms in total. The normalized spacial score (nSPS) is 11.4. The average Bonchev–Trinajstić information content (AvgIpc) is 2.38. The quantitative estimate of drug-likeness (QED) is 0.896. The van der Waals surface area contributed by atoms with E-state index in [9.17, 15) is 17.6 Å². The summed E-state index contributed by atoms with van der Waals surface area (Å²) in [5.74, 6) is -0.706. The van der Waals surface area contributed by atoms with Crippen molar-refractivity contribution in [2.75, 3.05) is 4.72 Å². The van der Waals surface area contributed by atoms with Crippen LogP contribution in [-0.4, -0.2) is 18.4 Å². The highest BCUT2D eigenvalue weighted by Crippen LogP contribution is 2.13. The lowest BCUT2D eigenvalue weighted by Gasteiger charge is -2.09. The van der Waals surface area contributed by atoms with Crippen molar-refractivity contribution < 1.29 is 12.8 Å². The summed E-state index contributed by atoms with van der Waals surface area (Å²) in [5, 5.41) is 0. The van der Waals surface area contributed by atoms with Gasteiger partial charge in [-0.3, -0.25) is 9.78 Å². The topological polar surface area (TPSA) is 91.9 Å². The third kappa shape index (κ3) is 3.27. The molecule has 1 aromatic heterocycles. The summed E-state index contributed by atoms with van der Waals surface area (Å²) < 4.78 is 39.2. The van der Waals surface area contributed by atoms with Crippen LogP contribution < -0.4 is 10.3 Å². The fourth-order valence-corrected chi connectivity index (χ4v) is 2.84. The Balaban J connectivity index is 2.37. The van der Waals surface area contributed by atoms with Gasteiger partial charge in [0.05, 0.1) is 4.90 Å². The second-order valence-electron chi connectivity index (χ2n) is 4.39. The second kappa shape index (κ2) is 5.65. The number of aromatic amines is 1. The molecular formula is C13H14FN3O3S. The van der Waals surface area contributed by atoms with Gasteiger partial charge in [-0.25, -0.2) is 22.5 Å². The third-order valence-corrected chi connectivity index (χ3v) is 4.29. The van der Waals surface area contributed by atoms with Crippen molar-refractivity contribution in [2.24, 2.45) is 0 Å². The first-order valence-electron chi connectivity index (χ1n) is 6.21. The molecule has 1 aromatic carbocycles. The maximum atomic E-state index is 12.8. The predicted octanol–water partition coefficient (Wildman–Crippen LogP) is 1.58. The van der Waals surface area contributed by atoms with Crippen LogP contribution in [0.15, 0.2) is 34.0 Å². The summed E-state index contributed by atoms with van der Waals surface area (Å²) in [7, 11) is -3.93. The Morgan fingerprint density at radius 1 is 1.29 bits per heavy atom. The van der Waals surface area contributed by atoms with Gasteiger partial charge in [-0.05, 0) is 37.6 Å². The first kappa shape index (κ1) is 15.2. The van der Waals surface area contributed by atoms with Crippen molar-refractivity contribution >= 4 is 16.0 Å². The highest BCUT2D eigenvalue weighted by atomic mass is 32.2. The van der Waals surface area contributed by atoms with E-state index in [0.29, 0.717) is 17.7 Å². The Morgan fingerprint density at radius 2 is 1.90 bits per heavy atom. The molecule has 0 aliphatic carbocycles. The standard InChI is InChI=1S/C13H14FN3O3S/c1-3-11-8(2)15-13(16-12(11)18)17-21(19,20)10-6-4-9(14)5-7-10/h4-7H,3H2,1-2H3,(H2,15,16,17,18). The van der Waals surface area contributed by atoms with E-state index in [-0.39, 0.29) is 16.4 Å². The summed E-state index contributed by atoms with van der Waals surface area (Å²) >= 11 is 0. The lowest BCUT2D eigenvalue weighted by molar-refractivity contribution is 0.599. The summed E-state index contributed by atoms with van der Waals surface area (Å²) in [6, 6.07) is 4.33. The fourth-order valence-electron chi connectivity index (χ4n) is 1.88. The Morgan fingerprint density at radius 3 is 2.43 bits per heavy atom. The predicted molar refractivity (Wildman–Crippen MR) is 76.2 cm³/mol. The van der Waals surface area contributed by atoms with Gasteiger partial charge in [-0.15, -0.1) is 0 Å². The molecule has 2 N–H and O–H groups in total. The van der Waals surface area contributed by atoms with Crippen LogP contribution in [-0.2, 0) is 16.4 Å². The molecule has 0 unspecified atom stereocenters. The van der Waals surface area contributed by atoms with Crippen LogP contribution in [0.3, 0.4) is 0 Å². The number of aryl methyl sites for hydroxylation is 1.